The third kappa shape index (κ3) is 10.1. The van der Waals surface area contributed by atoms with Crippen molar-refractivity contribution < 1.29 is 14.3 Å². The van der Waals surface area contributed by atoms with Gasteiger partial charge in [0.05, 0.1) is 12.7 Å². The average molecular weight is 470 g/mol. The van der Waals surface area contributed by atoms with Crippen LogP contribution in [-0.4, -0.2) is 12.6 Å². The van der Waals surface area contributed by atoms with Gasteiger partial charge in [0.2, 0.25) is 0 Å². The fourth-order valence-corrected chi connectivity index (χ4v) is 5.06. The number of unbranched alkanes of at least 4 members (excludes halogenated alkanes) is 7. The molecule has 34 heavy (non-hydrogen) atoms. The van der Waals surface area contributed by atoms with Crippen LogP contribution < -0.4 is 9.47 Å². The van der Waals surface area contributed by atoms with Crippen molar-refractivity contribution in [3.05, 3.63) is 24.3 Å². The van der Waals surface area contributed by atoms with Crippen molar-refractivity contribution in [2.24, 2.45) is 17.3 Å². The van der Waals surface area contributed by atoms with E-state index in [4.69, 9.17) is 9.47 Å². The molecule has 0 bridgehead atoms. The highest BCUT2D eigenvalue weighted by molar-refractivity contribution is 5.81. The lowest BCUT2D eigenvalue weighted by atomic mass is 9.72. The van der Waals surface area contributed by atoms with Crippen molar-refractivity contribution in [1.29, 1.82) is 5.26 Å². The van der Waals surface area contributed by atoms with Gasteiger partial charge >= 0.3 is 5.97 Å². The first-order chi connectivity index (χ1) is 16.5. The monoisotopic (exact) mass is 469 g/mol. The summed E-state index contributed by atoms with van der Waals surface area (Å²) in [7, 11) is 0. The van der Waals surface area contributed by atoms with E-state index in [-0.39, 0.29) is 0 Å². The fourth-order valence-electron chi connectivity index (χ4n) is 5.06. The van der Waals surface area contributed by atoms with E-state index in [9.17, 15) is 10.1 Å². The van der Waals surface area contributed by atoms with Crippen LogP contribution in [0.4, 0.5) is 0 Å². The Morgan fingerprint density at radius 1 is 0.882 bits per heavy atom. The Bertz CT molecular complexity index is 730. The fraction of sp³-hybridized carbons (Fsp3) is 0.733. The minimum Gasteiger partial charge on any atom is -0.494 e. The zero-order chi connectivity index (χ0) is 24.7. The molecule has 0 aliphatic heterocycles. The highest BCUT2D eigenvalue weighted by Crippen LogP contribution is 2.39. The van der Waals surface area contributed by atoms with Crippen molar-refractivity contribution in [1.82, 2.24) is 0 Å². The minimum absolute atomic E-state index is 0.428. The molecule has 1 unspecified atom stereocenters. The standard InChI is InChI=1S/C30H47NO3/c1-4-6-8-10-11-13-25-14-16-26(17-15-25)23-30(3,24-31)29(32)34-28-20-18-27(19-21-28)33-22-12-9-7-5-2/h18-21,25-26H,4-17,22-23H2,1-3H3. The lowest BCUT2D eigenvalue weighted by Gasteiger charge is -2.32. The predicted octanol–water partition coefficient (Wildman–Crippen LogP) is 8.64. The smallest absolute Gasteiger partial charge is 0.331 e. The number of carbonyl (C=O) groups excluding carboxylic acids is 1. The summed E-state index contributed by atoms with van der Waals surface area (Å²) in [4.78, 5) is 12.9. The summed E-state index contributed by atoms with van der Waals surface area (Å²) in [6, 6.07) is 9.43. The lowest BCUT2D eigenvalue weighted by molar-refractivity contribution is -0.142. The second kappa shape index (κ2) is 15.8. The Hall–Kier alpha value is -2.02. The van der Waals surface area contributed by atoms with E-state index >= 15 is 0 Å². The van der Waals surface area contributed by atoms with E-state index in [1.807, 2.05) is 12.1 Å². The normalized spacial score (nSPS) is 19.7. The van der Waals surface area contributed by atoms with Gasteiger partial charge in [0.1, 0.15) is 11.5 Å². The molecule has 1 saturated carbocycles. The van der Waals surface area contributed by atoms with Crippen LogP contribution in [0.25, 0.3) is 0 Å². The maximum Gasteiger partial charge on any atom is 0.331 e. The van der Waals surface area contributed by atoms with E-state index in [1.165, 1.54) is 70.6 Å². The van der Waals surface area contributed by atoms with Gasteiger partial charge in [-0.1, -0.05) is 97.3 Å². The maximum atomic E-state index is 12.9. The predicted molar refractivity (Wildman–Crippen MR) is 139 cm³/mol. The van der Waals surface area contributed by atoms with Gasteiger partial charge in [0, 0.05) is 0 Å². The van der Waals surface area contributed by atoms with Crippen molar-refractivity contribution in [3.63, 3.8) is 0 Å². The molecule has 1 atom stereocenters. The molecule has 0 aromatic heterocycles. The van der Waals surface area contributed by atoms with Gasteiger partial charge in [0.15, 0.2) is 5.41 Å². The van der Waals surface area contributed by atoms with Crippen molar-refractivity contribution in [3.8, 4) is 17.6 Å². The molecule has 1 aliphatic rings. The van der Waals surface area contributed by atoms with Crippen molar-refractivity contribution in [2.75, 3.05) is 6.61 Å². The van der Waals surface area contributed by atoms with Crippen LogP contribution in [0.2, 0.25) is 0 Å². The minimum atomic E-state index is -1.11. The highest BCUT2D eigenvalue weighted by atomic mass is 16.5. The summed E-state index contributed by atoms with van der Waals surface area (Å²) in [5.41, 5.74) is -1.11. The van der Waals surface area contributed by atoms with Crippen LogP contribution in [0.5, 0.6) is 11.5 Å². The van der Waals surface area contributed by atoms with E-state index < -0.39 is 11.4 Å². The molecule has 1 aliphatic carbocycles. The molecule has 190 valence electrons. The van der Waals surface area contributed by atoms with Gasteiger partial charge in [-0.2, -0.15) is 5.26 Å². The Labute approximate surface area is 208 Å². The van der Waals surface area contributed by atoms with Crippen molar-refractivity contribution in [2.45, 2.75) is 117 Å². The van der Waals surface area contributed by atoms with E-state index in [0.29, 0.717) is 24.7 Å². The first kappa shape index (κ1) is 28.2. The molecular formula is C30H47NO3. The molecular weight excluding hydrogens is 422 g/mol. The zero-order valence-corrected chi connectivity index (χ0v) is 21.9. The van der Waals surface area contributed by atoms with Crippen LogP contribution in [-0.2, 0) is 4.79 Å². The number of carbonyl (C=O) groups is 1. The van der Waals surface area contributed by atoms with Gasteiger partial charge in [0.25, 0.3) is 0 Å². The van der Waals surface area contributed by atoms with E-state index in [2.05, 4.69) is 19.9 Å². The summed E-state index contributed by atoms with van der Waals surface area (Å²) >= 11 is 0. The molecule has 0 N–H and O–H groups in total. The number of benzene rings is 1. The third-order valence-electron chi connectivity index (χ3n) is 7.38. The Morgan fingerprint density at radius 2 is 1.44 bits per heavy atom. The Kier molecular flexibility index (Phi) is 13.1. The van der Waals surface area contributed by atoms with Crippen LogP contribution in [0.15, 0.2) is 24.3 Å². The van der Waals surface area contributed by atoms with Crippen LogP contribution in [0.1, 0.15) is 117 Å². The summed E-state index contributed by atoms with van der Waals surface area (Å²) in [5, 5.41) is 9.84. The van der Waals surface area contributed by atoms with Crippen LogP contribution >= 0.6 is 0 Å². The van der Waals surface area contributed by atoms with E-state index in [0.717, 1.165) is 30.9 Å². The molecule has 4 nitrogen and oxygen atoms in total. The molecule has 1 aromatic carbocycles. The number of ether oxygens (including phenoxy) is 2. The number of esters is 1. The van der Waals surface area contributed by atoms with Gasteiger partial charge in [-0.25, -0.2) is 4.79 Å². The first-order valence-electron chi connectivity index (χ1n) is 13.9. The molecule has 4 heteroatoms. The molecule has 2 rings (SSSR count). The van der Waals surface area contributed by atoms with Crippen molar-refractivity contribution >= 4 is 5.97 Å². The lowest BCUT2D eigenvalue weighted by Crippen LogP contribution is -2.33. The number of nitriles is 1. The molecule has 0 spiro atoms. The molecule has 0 amide bonds. The number of hydrogen-bond acceptors (Lipinski definition) is 4. The summed E-state index contributed by atoms with van der Waals surface area (Å²) in [5.74, 6) is 2.06. The quantitative estimate of drug-likeness (QED) is 0.138. The largest absolute Gasteiger partial charge is 0.494 e. The van der Waals surface area contributed by atoms with Gasteiger partial charge in [-0.05, 0) is 55.9 Å². The molecule has 0 heterocycles. The summed E-state index contributed by atoms with van der Waals surface area (Å²) in [6.45, 7) is 6.89. The second-order valence-corrected chi connectivity index (χ2v) is 10.5. The maximum absolute atomic E-state index is 12.9. The average Bonchev–Trinajstić information content (AvgIpc) is 2.85. The molecule has 0 saturated heterocycles. The SMILES string of the molecule is CCCCCCCC1CCC(CC(C)(C#N)C(=O)Oc2ccc(OCCCCCC)cc2)CC1. The molecule has 0 radical (unpaired) electrons. The third-order valence-corrected chi connectivity index (χ3v) is 7.38. The second-order valence-electron chi connectivity index (χ2n) is 10.5. The number of nitrogens with zero attached hydrogens (tertiary/aromatic N) is 1. The summed E-state index contributed by atoms with van der Waals surface area (Å²) in [6.07, 6.45) is 18.0. The topological polar surface area (TPSA) is 59.3 Å². The van der Waals surface area contributed by atoms with Gasteiger partial charge < -0.3 is 9.47 Å². The summed E-state index contributed by atoms with van der Waals surface area (Å²) < 4.78 is 11.4. The van der Waals surface area contributed by atoms with Crippen LogP contribution in [0, 0.1) is 28.6 Å². The Balaban J connectivity index is 1.75. The van der Waals surface area contributed by atoms with Gasteiger partial charge in [-0.3, -0.25) is 0 Å². The van der Waals surface area contributed by atoms with Crippen LogP contribution in [0.3, 0.4) is 0 Å². The number of hydrogen-bond donors (Lipinski definition) is 0. The molecule has 1 aromatic rings. The Morgan fingerprint density at radius 3 is 2.06 bits per heavy atom. The first-order valence-corrected chi connectivity index (χ1v) is 13.9. The zero-order valence-electron chi connectivity index (χ0n) is 21.9. The number of rotatable bonds is 16. The molecule has 1 fully saturated rings. The van der Waals surface area contributed by atoms with Gasteiger partial charge in [-0.15, -0.1) is 0 Å². The highest BCUT2D eigenvalue weighted by Gasteiger charge is 2.39. The van der Waals surface area contributed by atoms with E-state index in [1.54, 1.807) is 19.1 Å².